The highest BCUT2D eigenvalue weighted by Gasteiger charge is 2.35. The van der Waals surface area contributed by atoms with E-state index in [4.69, 9.17) is 18.9 Å². The first kappa shape index (κ1) is 36.2. The number of hydrogen-bond donors (Lipinski definition) is 0. The van der Waals surface area contributed by atoms with Crippen molar-refractivity contribution in [3.63, 3.8) is 0 Å². The molecule has 0 N–H and O–H groups in total. The van der Waals surface area contributed by atoms with Crippen LogP contribution in [0.2, 0.25) is 0 Å². The highest BCUT2D eigenvalue weighted by molar-refractivity contribution is 7.25. The lowest BCUT2D eigenvalue weighted by Crippen LogP contribution is -2.24. The molecule has 0 aliphatic carbocycles. The van der Waals surface area contributed by atoms with Crippen LogP contribution in [0.3, 0.4) is 0 Å². The highest BCUT2D eigenvalue weighted by Crippen LogP contribution is 2.52. The lowest BCUT2D eigenvalue weighted by atomic mass is 9.78. The smallest absolute Gasteiger partial charge is 0.132 e. The fourth-order valence-corrected chi connectivity index (χ4v) is 11.5. The zero-order chi connectivity index (χ0) is 35.4. The normalized spacial score (nSPS) is 11.8. The molecule has 0 saturated heterocycles. The minimum atomic E-state index is -0.0391. The van der Waals surface area contributed by atoms with Crippen molar-refractivity contribution in [1.82, 2.24) is 0 Å². The first-order chi connectivity index (χ1) is 24.2. The molecule has 50 heavy (non-hydrogen) atoms. The Labute approximate surface area is 313 Å². The SMILES string of the molecule is CCCC(CC)(c1ccc(-c2ccc(-c3c(OC)cccc3OC(C)C)s2)s1)c1ccc(-c2ccc(-c3c(OC)cccc3OC(C)C)s2)s1. The van der Waals surface area contributed by atoms with Gasteiger partial charge in [-0.15, -0.1) is 45.3 Å². The number of ether oxygens (including phenoxy) is 4. The van der Waals surface area contributed by atoms with Crippen LogP contribution in [0, 0.1) is 0 Å². The first-order valence-electron chi connectivity index (χ1n) is 17.3. The summed E-state index contributed by atoms with van der Waals surface area (Å²) < 4.78 is 24.0. The molecule has 6 aromatic rings. The molecule has 6 rings (SSSR count). The van der Waals surface area contributed by atoms with Crippen molar-refractivity contribution in [1.29, 1.82) is 0 Å². The molecule has 0 fully saturated rings. The second-order valence-corrected chi connectivity index (χ2v) is 17.2. The number of benzene rings is 2. The van der Waals surface area contributed by atoms with Crippen LogP contribution in [0.4, 0.5) is 0 Å². The van der Waals surface area contributed by atoms with E-state index >= 15 is 0 Å². The Kier molecular flexibility index (Phi) is 11.4. The van der Waals surface area contributed by atoms with Crippen molar-refractivity contribution >= 4 is 45.3 Å². The van der Waals surface area contributed by atoms with Gasteiger partial charge in [0.15, 0.2) is 0 Å². The Morgan fingerprint density at radius 1 is 0.500 bits per heavy atom. The van der Waals surface area contributed by atoms with Gasteiger partial charge < -0.3 is 18.9 Å². The predicted octanol–water partition coefficient (Wildman–Crippen LogP) is 13.7. The van der Waals surface area contributed by atoms with Gasteiger partial charge >= 0.3 is 0 Å². The first-order valence-corrected chi connectivity index (χ1v) is 20.6. The summed E-state index contributed by atoms with van der Waals surface area (Å²) in [6.07, 6.45) is 3.40. The van der Waals surface area contributed by atoms with E-state index in [-0.39, 0.29) is 17.6 Å². The average molecular weight is 743 g/mol. The van der Waals surface area contributed by atoms with E-state index in [1.165, 1.54) is 29.3 Å². The van der Waals surface area contributed by atoms with Crippen LogP contribution in [0.25, 0.3) is 40.4 Å². The molecule has 262 valence electrons. The predicted molar refractivity (Wildman–Crippen MR) is 217 cm³/mol. The maximum atomic E-state index is 6.20. The molecule has 0 unspecified atom stereocenters. The van der Waals surface area contributed by atoms with Gasteiger partial charge in [-0.3, -0.25) is 0 Å². The van der Waals surface area contributed by atoms with Crippen LogP contribution in [0.1, 0.15) is 70.6 Å². The molecular formula is C42H46O4S4. The van der Waals surface area contributed by atoms with E-state index in [0.29, 0.717) is 0 Å². The monoisotopic (exact) mass is 742 g/mol. The van der Waals surface area contributed by atoms with Gasteiger partial charge in [0.1, 0.15) is 23.0 Å². The van der Waals surface area contributed by atoms with E-state index in [0.717, 1.165) is 63.1 Å². The van der Waals surface area contributed by atoms with Gasteiger partial charge in [0, 0.05) is 44.4 Å². The Morgan fingerprint density at radius 3 is 1.26 bits per heavy atom. The second-order valence-electron chi connectivity index (χ2n) is 12.8. The summed E-state index contributed by atoms with van der Waals surface area (Å²) in [4.78, 5) is 10.3. The summed E-state index contributed by atoms with van der Waals surface area (Å²) in [5, 5.41) is 0. The Hall–Kier alpha value is -3.56. The minimum absolute atomic E-state index is 0.0391. The third-order valence-corrected chi connectivity index (χ3v) is 13.9. The average Bonchev–Trinajstić information content (AvgIpc) is 3.93. The third-order valence-electron chi connectivity index (χ3n) is 8.77. The van der Waals surface area contributed by atoms with Gasteiger partial charge in [-0.1, -0.05) is 32.4 Å². The molecule has 0 spiro atoms. The molecule has 0 atom stereocenters. The lowest BCUT2D eigenvalue weighted by Gasteiger charge is -2.31. The summed E-state index contributed by atoms with van der Waals surface area (Å²) in [5.74, 6) is 3.36. The van der Waals surface area contributed by atoms with E-state index in [1.807, 2.05) is 59.1 Å². The molecule has 4 aromatic heterocycles. The van der Waals surface area contributed by atoms with Crippen molar-refractivity contribution in [2.24, 2.45) is 0 Å². The zero-order valence-electron chi connectivity index (χ0n) is 30.1. The maximum Gasteiger partial charge on any atom is 0.132 e. The van der Waals surface area contributed by atoms with Gasteiger partial charge in [-0.25, -0.2) is 0 Å². The summed E-state index contributed by atoms with van der Waals surface area (Å²) >= 11 is 7.45. The molecule has 0 saturated carbocycles. The minimum Gasteiger partial charge on any atom is -0.496 e. The molecule has 4 heterocycles. The van der Waals surface area contributed by atoms with Crippen LogP contribution in [-0.2, 0) is 5.41 Å². The number of hydrogen-bond acceptors (Lipinski definition) is 8. The summed E-state index contributed by atoms with van der Waals surface area (Å²) in [5.41, 5.74) is 1.99. The van der Waals surface area contributed by atoms with Crippen LogP contribution < -0.4 is 18.9 Å². The van der Waals surface area contributed by atoms with Crippen LogP contribution in [0.15, 0.2) is 84.9 Å². The molecule has 0 aliphatic rings. The molecule has 4 nitrogen and oxygen atoms in total. The van der Waals surface area contributed by atoms with Crippen LogP contribution in [-0.4, -0.2) is 26.4 Å². The molecule has 8 heteroatoms. The fourth-order valence-electron chi connectivity index (χ4n) is 6.54. The highest BCUT2D eigenvalue weighted by atomic mass is 32.1. The van der Waals surface area contributed by atoms with E-state index in [1.54, 1.807) is 36.9 Å². The van der Waals surface area contributed by atoms with Crippen molar-refractivity contribution in [3.8, 4) is 63.4 Å². The van der Waals surface area contributed by atoms with Crippen molar-refractivity contribution in [3.05, 3.63) is 94.7 Å². The molecule has 0 aliphatic heterocycles. The zero-order valence-corrected chi connectivity index (χ0v) is 33.4. The lowest BCUT2D eigenvalue weighted by molar-refractivity contribution is 0.242. The number of thiophene rings is 4. The van der Waals surface area contributed by atoms with E-state index < -0.39 is 0 Å². The maximum absolute atomic E-state index is 6.20. The Balaban J connectivity index is 1.32. The Bertz CT molecular complexity index is 1890. The summed E-state index contributed by atoms with van der Waals surface area (Å²) in [6, 6.07) is 30.3. The van der Waals surface area contributed by atoms with Gasteiger partial charge in [0.05, 0.1) is 37.6 Å². The largest absolute Gasteiger partial charge is 0.496 e. The quantitative estimate of drug-likeness (QED) is 0.105. The van der Waals surface area contributed by atoms with Gasteiger partial charge in [-0.05, 0) is 113 Å². The molecule has 0 amide bonds. The van der Waals surface area contributed by atoms with Crippen LogP contribution >= 0.6 is 45.3 Å². The van der Waals surface area contributed by atoms with Crippen LogP contribution in [0.5, 0.6) is 23.0 Å². The molecule has 0 bridgehead atoms. The molecule has 0 radical (unpaired) electrons. The topological polar surface area (TPSA) is 36.9 Å². The molecule has 2 aromatic carbocycles. The fraction of sp³-hybridized carbons (Fsp3) is 0.333. The number of rotatable bonds is 15. The van der Waals surface area contributed by atoms with Gasteiger partial charge in [-0.2, -0.15) is 0 Å². The molecular weight excluding hydrogens is 697 g/mol. The van der Waals surface area contributed by atoms with Crippen molar-refractivity contribution < 1.29 is 18.9 Å². The number of methoxy groups -OCH3 is 2. The second kappa shape index (κ2) is 15.8. The van der Waals surface area contributed by atoms with E-state index in [9.17, 15) is 0 Å². The standard InChI is InChI=1S/C42H46O4S4/c1-9-25-42(10-2,38-23-21-34(49-38)32-17-19-36(47-32)40-28(43-7)13-11-15-30(40)45-26(3)4)39-24-22-35(50-39)33-18-20-37(48-33)41-29(44-8)14-12-16-31(41)46-27(5)6/h11-24,26-27H,9-10,25H2,1-8H3. The Morgan fingerprint density at radius 2 is 0.880 bits per heavy atom. The third kappa shape index (κ3) is 7.26. The van der Waals surface area contributed by atoms with Crippen molar-refractivity contribution in [2.75, 3.05) is 14.2 Å². The van der Waals surface area contributed by atoms with Crippen molar-refractivity contribution in [2.45, 2.75) is 78.4 Å². The van der Waals surface area contributed by atoms with E-state index in [2.05, 4.69) is 90.1 Å². The van der Waals surface area contributed by atoms with Gasteiger partial charge in [0.2, 0.25) is 0 Å². The summed E-state index contributed by atoms with van der Waals surface area (Å²) in [6.45, 7) is 12.9. The summed E-state index contributed by atoms with van der Waals surface area (Å²) in [7, 11) is 3.45. The van der Waals surface area contributed by atoms with Gasteiger partial charge in [0.25, 0.3) is 0 Å².